The van der Waals surface area contributed by atoms with Crippen molar-refractivity contribution in [3.8, 4) is 5.75 Å². The van der Waals surface area contributed by atoms with E-state index in [0.717, 1.165) is 11.3 Å². The van der Waals surface area contributed by atoms with E-state index >= 15 is 0 Å². The Morgan fingerprint density at radius 2 is 1.70 bits per heavy atom. The van der Waals surface area contributed by atoms with Gasteiger partial charge in [-0.15, -0.1) is 11.8 Å². The summed E-state index contributed by atoms with van der Waals surface area (Å²) < 4.78 is 19.8. The molecule has 3 rings (SSSR count). The van der Waals surface area contributed by atoms with Crippen LogP contribution in [0.15, 0.2) is 53.4 Å². The summed E-state index contributed by atoms with van der Waals surface area (Å²) in [6, 6.07) is 12.9. The van der Waals surface area contributed by atoms with Crippen molar-refractivity contribution in [2.24, 2.45) is 0 Å². The van der Waals surface area contributed by atoms with Crippen LogP contribution in [0.3, 0.4) is 0 Å². The maximum Gasteiger partial charge on any atom is 0.272 e. The average Bonchev–Trinajstić information content (AvgIpc) is 2.91. The number of thioether (sulfide) groups is 1. The van der Waals surface area contributed by atoms with Crippen LogP contribution >= 0.6 is 11.8 Å². The third-order valence-electron chi connectivity index (χ3n) is 4.04. The molecule has 2 amide bonds. The van der Waals surface area contributed by atoms with Crippen LogP contribution in [-0.4, -0.2) is 24.2 Å². The standard InChI is InChI=1S/C21H20FNO3S/c1-3-13-26-15-11-9-14(10-12-15)18-19(27-4-2)21(25)23(20(18)24)17-8-6-5-7-16(17)22/h5-12H,3-4,13H2,1-2H3. The lowest BCUT2D eigenvalue weighted by atomic mass is 10.1. The van der Waals surface area contributed by atoms with Crippen LogP contribution in [0, 0.1) is 5.82 Å². The third-order valence-corrected chi connectivity index (χ3v) is 5.00. The average molecular weight is 385 g/mol. The molecule has 0 saturated carbocycles. The molecule has 0 N–H and O–H groups in total. The Labute approximate surface area is 162 Å². The van der Waals surface area contributed by atoms with E-state index in [2.05, 4.69) is 0 Å². The van der Waals surface area contributed by atoms with Crippen molar-refractivity contribution in [1.29, 1.82) is 0 Å². The lowest BCUT2D eigenvalue weighted by molar-refractivity contribution is -0.119. The van der Waals surface area contributed by atoms with Crippen LogP contribution in [0.4, 0.5) is 10.1 Å². The molecule has 1 heterocycles. The molecule has 0 spiro atoms. The maximum atomic E-state index is 14.2. The van der Waals surface area contributed by atoms with Gasteiger partial charge in [-0.05, 0) is 42.0 Å². The molecular weight excluding hydrogens is 365 g/mol. The molecule has 0 bridgehead atoms. The summed E-state index contributed by atoms with van der Waals surface area (Å²) in [6.45, 7) is 4.53. The lowest BCUT2D eigenvalue weighted by Crippen LogP contribution is -2.32. The molecule has 0 aliphatic carbocycles. The van der Waals surface area contributed by atoms with Crippen molar-refractivity contribution in [2.75, 3.05) is 17.3 Å². The number of hydrogen-bond acceptors (Lipinski definition) is 4. The van der Waals surface area contributed by atoms with E-state index in [9.17, 15) is 14.0 Å². The summed E-state index contributed by atoms with van der Waals surface area (Å²) in [6.07, 6.45) is 0.898. The first-order valence-corrected chi connectivity index (χ1v) is 9.80. The van der Waals surface area contributed by atoms with Gasteiger partial charge in [0.05, 0.1) is 22.8 Å². The van der Waals surface area contributed by atoms with Gasteiger partial charge in [0.25, 0.3) is 11.8 Å². The minimum atomic E-state index is -0.607. The zero-order valence-corrected chi connectivity index (χ0v) is 16.0. The highest BCUT2D eigenvalue weighted by Gasteiger charge is 2.40. The number of carbonyl (C=O) groups is 2. The number of amides is 2. The first-order chi connectivity index (χ1) is 13.1. The molecule has 0 atom stereocenters. The van der Waals surface area contributed by atoms with Gasteiger partial charge in [0.2, 0.25) is 0 Å². The number of hydrogen-bond donors (Lipinski definition) is 0. The molecule has 6 heteroatoms. The highest BCUT2D eigenvalue weighted by Crippen LogP contribution is 2.39. The van der Waals surface area contributed by atoms with Crippen LogP contribution in [0.1, 0.15) is 25.8 Å². The number of ether oxygens (including phenoxy) is 1. The Morgan fingerprint density at radius 1 is 1.00 bits per heavy atom. The number of nitrogens with zero attached hydrogens (tertiary/aromatic N) is 1. The van der Waals surface area contributed by atoms with Crippen LogP contribution in [0.2, 0.25) is 0 Å². The van der Waals surface area contributed by atoms with Crippen molar-refractivity contribution >= 4 is 34.8 Å². The Morgan fingerprint density at radius 3 is 2.33 bits per heavy atom. The van der Waals surface area contributed by atoms with Gasteiger partial charge >= 0.3 is 0 Å². The summed E-state index contributed by atoms with van der Waals surface area (Å²) in [4.78, 5) is 27.2. The van der Waals surface area contributed by atoms with Gasteiger partial charge in [-0.2, -0.15) is 0 Å². The van der Waals surface area contributed by atoms with Crippen molar-refractivity contribution in [3.63, 3.8) is 0 Å². The molecule has 0 unspecified atom stereocenters. The number of anilines is 1. The molecule has 1 aliphatic heterocycles. The second kappa shape index (κ2) is 8.39. The van der Waals surface area contributed by atoms with E-state index in [4.69, 9.17) is 4.74 Å². The fourth-order valence-electron chi connectivity index (χ4n) is 2.83. The normalized spacial score (nSPS) is 14.3. The second-order valence-corrected chi connectivity index (χ2v) is 7.18. The summed E-state index contributed by atoms with van der Waals surface area (Å²) in [5, 5.41) is 0. The molecule has 0 aromatic heterocycles. The highest BCUT2D eigenvalue weighted by atomic mass is 32.2. The molecule has 2 aromatic carbocycles. The Kier molecular flexibility index (Phi) is 5.96. The second-order valence-electron chi connectivity index (χ2n) is 5.91. The Balaban J connectivity index is 2.00. The first kappa shape index (κ1) is 19.2. The van der Waals surface area contributed by atoms with Gasteiger partial charge in [-0.3, -0.25) is 9.59 Å². The van der Waals surface area contributed by atoms with Gasteiger partial charge in [-0.25, -0.2) is 9.29 Å². The van der Waals surface area contributed by atoms with Crippen molar-refractivity contribution < 1.29 is 18.7 Å². The lowest BCUT2D eigenvalue weighted by Gasteiger charge is -2.15. The maximum absolute atomic E-state index is 14.2. The number of imide groups is 1. The summed E-state index contributed by atoms with van der Waals surface area (Å²) >= 11 is 1.29. The predicted octanol–water partition coefficient (Wildman–Crippen LogP) is 4.65. The van der Waals surface area contributed by atoms with Crippen LogP contribution in [0.25, 0.3) is 5.57 Å². The molecular formula is C21H20FNO3S. The molecule has 140 valence electrons. The van der Waals surface area contributed by atoms with E-state index in [1.807, 2.05) is 13.8 Å². The minimum absolute atomic E-state index is 0.0281. The number of halogens is 1. The highest BCUT2D eigenvalue weighted by molar-refractivity contribution is 8.04. The molecule has 0 saturated heterocycles. The fraction of sp³-hybridized carbons (Fsp3) is 0.238. The zero-order valence-electron chi connectivity index (χ0n) is 15.2. The van der Waals surface area contributed by atoms with Gasteiger partial charge in [0.15, 0.2) is 0 Å². The number of para-hydroxylation sites is 1. The van der Waals surface area contributed by atoms with Crippen molar-refractivity contribution in [1.82, 2.24) is 0 Å². The Bertz CT molecular complexity index is 893. The molecule has 0 fully saturated rings. The fourth-order valence-corrected chi connectivity index (χ4v) is 3.68. The molecule has 4 nitrogen and oxygen atoms in total. The van der Waals surface area contributed by atoms with E-state index in [0.29, 0.717) is 34.2 Å². The van der Waals surface area contributed by atoms with Gasteiger partial charge in [-0.1, -0.05) is 38.1 Å². The number of rotatable bonds is 7. The topological polar surface area (TPSA) is 46.6 Å². The van der Waals surface area contributed by atoms with E-state index in [-0.39, 0.29) is 5.69 Å². The predicted molar refractivity (Wildman–Crippen MR) is 106 cm³/mol. The van der Waals surface area contributed by atoms with Crippen molar-refractivity contribution in [2.45, 2.75) is 20.3 Å². The first-order valence-electron chi connectivity index (χ1n) is 8.82. The zero-order chi connectivity index (χ0) is 19.4. The molecule has 1 aliphatic rings. The Hall–Kier alpha value is -2.60. The monoisotopic (exact) mass is 385 g/mol. The minimum Gasteiger partial charge on any atom is -0.494 e. The van der Waals surface area contributed by atoms with Crippen LogP contribution < -0.4 is 9.64 Å². The van der Waals surface area contributed by atoms with E-state index in [1.165, 1.54) is 30.0 Å². The van der Waals surface area contributed by atoms with Gasteiger partial charge < -0.3 is 4.74 Å². The molecule has 2 aromatic rings. The van der Waals surface area contributed by atoms with E-state index in [1.54, 1.807) is 30.3 Å². The van der Waals surface area contributed by atoms with E-state index < -0.39 is 17.6 Å². The van der Waals surface area contributed by atoms with Crippen LogP contribution in [-0.2, 0) is 9.59 Å². The summed E-state index contributed by atoms with van der Waals surface area (Å²) in [5.41, 5.74) is 0.892. The quantitative estimate of drug-likeness (QED) is 0.651. The van der Waals surface area contributed by atoms with Gasteiger partial charge in [0, 0.05) is 0 Å². The smallest absolute Gasteiger partial charge is 0.272 e. The summed E-state index contributed by atoms with van der Waals surface area (Å²) in [7, 11) is 0. The number of carbonyl (C=O) groups excluding carboxylic acids is 2. The third kappa shape index (κ3) is 3.76. The molecule has 0 radical (unpaired) electrons. The van der Waals surface area contributed by atoms with Crippen molar-refractivity contribution in [3.05, 3.63) is 64.8 Å². The molecule has 27 heavy (non-hydrogen) atoms. The summed E-state index contributed by atoms with van der Waals surface area (Å²) in [5.74, 6) is -0.277. The number of benzene rings is 2. The SMILES string of the molecule is CCCOc1ccc(C2=C(SCC)C(=O)N(c3ccccc3F)C2=O)cc1. The largest absolute Gasteiger partial charge is 0.494 e. The van der Waals surface area contributed by atoms with Gasteiger partial charge in [0.1, 0.15) is 11.6 Å². The van der Waals surface area contributed by atoms with Crippen LogP contribution in [0.5, 0.6) is 5.75 Å².